The van der Waals surface area contributed by atoms with Crippen LogP contribution in [0.4, 0.5) is 16.2 Å². The summed E-state index contributed by atoms with van der Waals surface area (Å²) in [5.41, 5.74) is 9.04. The molecule has 0 aromatic heterocycles. The number of hydrogen-bond donors (Lipinski definition) is 3. The van der Waals surface area contributed by atoms with E-state index in [-0.39, 0.29) is 11.3 Å². The fraction of sp³-hybridized carbons (Fsp3) is 0. The van der Waals surface area contributed by atoms with Crippen LogP contribution in [0.25, 0.3) is 12.2 Å². The zero-order valence-electron chi connectivity index (χ0n) is 14.8. The SMILES string of the molecule is NC(=O)N1c2ccccc2C=Cc2ccccc21.O=C(O)c1ccccc1O. The Balaban J connectivity index is 0.000000192. The van der Waals surface area contributed by atoms with Gasteiger partial charge in [0, 0.05) is 0 Å². The number of aromatic carboxylic acids is 1. The molecule has 0 spiro atoms. The Bertz CT molecular complexity index is 1010. The summed E-state index contributed by atoms with van der Waals surface area (Å²) in [6, 6.07) is 20.7. The first kappa shape index (κ1) is 18.7. The topological polar surface area (TPSA) is 104 Å². The van der Waals surface area contributed by atoms with Gasteiger partial charge in [-0.2, -0.15) is 0 Å². The van der Waals surface area contributed by atoms with Crippen LogP contribution in [0.5, 0.6) is 5.75 Å². The van der Waals surface area contributed by atoms with E-state index in [0.717, 1.165) is 22.5 Å². The Labute approximate surface area is 161 Å². The van der Waals surface area contributed by atoms with Gasteiger partial charge in [-0.15, -0.1) is 0 Å². The van der Waals surface area contributed by atoms with Crippen LogP contribution in [-0.2, 0) is 0 Å². The molecule has 0 aliphatic carbocycles. The van der Waals surface area contributed by atoms with Crippen LogP contribution in [0, 0.1) is 0 Å². The van der Waals surface area contributed by atoms with Gasteiger partial charge in [0.1, 0.15) is 11.3 Å². The number of carbonyl (C=O) groups is 2. The number of rotatable bonds is 1. The van der Waals surface area contributed by atoms with E-state index in [4.69, 9.17) is 15.9 Å². The van der Waals surface area contributed by atoms with Crippen molar-refractivity contribution < 1.29 is 19.8 Å². The van der Waals surface area contributed by atoms with Crippen molar-refractivity contribution in [3.8, 4) is 5.75 Å². The standard InChI is InChI=1S/C15H12N2O.C7H6O3/c16-15(18)17-13-7-3-1-5-11(13)9-10-12-6-2-4-8-14(12)17;8-6-4-2-1-3-5(6)7(9)10/h1-10H,(H2,16,18);1-4,8H,(H,9,10). The quantitative estimate of drug-likeness (QED) is 0.584. The monoisotopic (exact) mass is 374 g/mol. The van der Waals surface area contributed by atoms with Crippen molar-refractivity contribution in [3.05, 3.63) is 89.5 Å². The van der Waals surface area contributed by atoms with Crippen LogP contribution in [0.1, 0.15) is 21.5 Å². The molecule has 6 heteroatoms. The van der Waals surface area contributed by atoms with E-state index >= 15 is 0 Å². The highest BCUT2D eigenvalue weighted by Crippen LogP contribution is 2.35. The molecule has 1 heterocycles. The molecule has 0 fully saturated rings. The second kappa shape index (κ2) is 8.09. The number of carboxylic acid groups (broad SMARTS) is 1. The van der Waals surface area contributed by atoms with Gasteiger partial charge in [0.05, 0.1) is 11.4 Å². The number of fused-ring (bicyclic) bond motifs is 2. The van der Waals surface area contributed by atoms with Crippen molar-refractivity contribution in [2.45, 2.75) is 0 Å². The van der Waals surface area contributed by atoms with Gasteiger partial charge in [0.15, 0.2) is 0 Å². The highest BCUT2D eigenvalue weighted by molar-refractivity contribution is 6.04. The fourth-order valence-electron chi connectivity index (χ4n) is 2.87. The van der Waals surface area contributed by atoms with Gasteiger partial charge in [-0.1, -0.05) is 60.7 Å². The first-order chi connectivity index (χ1) is 13.5. The summed E-state index contributed by atoms with van der Waals surface area (Å²) >= 11 is 0. The third-order valence-corrected chi connectivity index (χ3v) is 4.15. The number of nitrogens with two attached hydrogens (primary N) is 1. The Morgan fingerprint density at radius 1 is 0.750 bits per heavy atom. The van der Waals surface area contributed by atoms with Crippen LogP contribution < -0.4 is 10.6 Å². The average Bonchev–Trinajstić information content (AvgIpc) is 2.85. The van der Waals surface area contributed by atoms with Crippen LogP contribution in [0.2, 0.25) is 0 Å². The molecule has 4 rings (SSSR count). The summed E-state index contributed by atoms with van der Waals surface area (Å²) in [5, 5.41) is 17.3. The molecule has 0 radical (unpaired) electrons. The normalized spacial score (nSPS) is 11.4. The first-order valence-corrected chi connectivity index (χ1v) is 8.46. The lowest BCUT2D eigenvalue weighted by atomic mass is 10.1. The van der Waals surface area contributed by atoms with E-state index in [9.17, 15) is 9.59 Å². The molecular formula is C22H18N2O4. The number of benzene rings is 3. The number of para-hydroxylation sites is 3. The molecule has 0 bridgehead atoms. The predicted octanol–water partition coefficient (Wildman–Crippen LogP) is 4.48. The fourth-order valence-corrected chi connectivity index (χ4v) is 2.87. The molecule has 0 saturated heterocycles. The zero-order valence-corrected chi connectivity index (χ0v) is 14.8. The minimum Gasteiger partial charge on any atom is -0.507 e. The summed E-state index contributed by atoms with van der Waals surface area (Å²) < 4.78 is 0. The van der Waals surface area contributed by atoms with Gasteiger partial charge in [0.2, 0.25) is 0 Å². The van der Waals surface area contributed by atoms with Crippen molar-refractivity contribution in [1.82, 2.24) is 0 Å². The number of phenols is 1. The van der Waals surface area contributed by atoms with Gasteiger partial charge in [-0.25, -0.2) is 9.59 Å². The molecular weight excluding hydrogens is 356 g/mol. The summed E-state index contributed by atoms with van der Waals surface area (Å²) in [4.78, 5) is 23.6. The van der Waals surface area contributed by atoms with Gasteiger partial charge in [-0.05, 0) is 35.4 Å². The number of carboxylic acids is 1. The average molecular weight is 374 g/mol. The lowest BCUT2D eigenvalue weighted by Gasteiger charge is -2.22. The van der Waals surface area contributed by atoms with Crippen LogP contribution >= 0.6 is 0 Å². The maximum Gasteiger partial charge on any atom is 0.339 e. The van der Waals surface area contributed by atoms with Crippen molar-refractivity contribution in [1.29, 1.82) is 0 Å². The summed E-state index contributed by atoms with van der Waals surface area (Å²) in [6.45, 7) is 0. The van der Waals surface area contributed by atoms with Crippen molar-refractivity contribution in [3.63, 3.8) is 0 Å². The van der Waals surface area contributed by atoms with E-state index in [0.29, 0.717) is 0 Å². The highest BCUT2D eigenvalue weighted by atomic mass is 16.4. The minimum absolute atomic E-state index is 0.0671. The van der Waals surface area contributed by atoms with E-state index < -0.39 is 12.0 Å². The Hall–Kier alpha value is -4.06. The maximum atomic E-state index is 11.8. The van der Waals surface area contributed by atoms with Crippen molar-refractivity contribution in [2.24, 2.45) is 5.73 Å². The van der Waals surface area contributed by atoms with E-state index in [1.165, 1.54) is 12.1 Å². The van der Waals surface area contributed by atoms with E-state index in [2.05, 4.69) is 0 Å². The molecule has 1 aliphatic rings. The molecule has 6 nitrogen and oxygen atoms in total. The molecule has 4 N–H and O–H groups in total. The number of aromatic hydroxyl groups is 1. The Kier molecular flexibility index (Phi) is 5.41. The largest absolute Gasteiger partial charge is 0.507 e. The molecule has 3 aromatic rings. The second-order valence-corrected chi connectivity index (χ2v) is 5.95. The molecule has 140 valence electrons. The molecule has 1 aliphatic heterocycles. The molecule has 3 aromatic carbocycles. The predicted molar refractivity (Wildman–Crippen MR) is 109 cm³/mol. The number of nitrogens with zero attached hydrogens (tertiary/aromatic N) is 1. The van der Waals surface area contributed by atoms with Crippen molar-refractivity contribution in [2.75, 3.05) is 4.90 Å². The van der Waals surface area contributed by atoms with Crippen LogP contribution in [-0.4, -0.2) is 22.2 Å². The molecule has 0 saturated carbocycles. The second-order valence-electron chi connectivity index (χ2n) is 5.95. The maximum absolute atomic E-state index is 11.8. The van der Waals surface area contributed by atoms with E-state index in [1.54, 1.807) is 17.0 Å². The number of amides is 2. The summed E-state index contributed by atoms with van der Waals surface area (Å²) in [6.07, 6.45) is 3.99. The number of primary amides is 1. The van der Waals surface area contributed by atoms with Gasteiger partial charge in [0.25, 0.3) is 0 Å². The lowest BCUT2D eigenvalue weighted by molar-refractivity contribution is 0.0693. The van der Waals surface area contributed by atoms with Gasteiger partial charge in [-0.3, -0.25) is 4.90 Å². The summed E-state index contributed by atoms with van der Waals surface area (Å²) in [7, 11) is 0. The molecule has 2 amide bonds. The molecule has 0 atom stereocenters. The Morgan fingerprint density at radius 2 is 1.21 bits per heavy atom. The van der Waals surface area contributed by atoms with Gasteiger partial charge < -0.3 is 15.9 Å². The number of hydrogen-bond acceptors (Lipinski definition) is 3. The van der Waals surface area contributed by atoms with Crippen LogP contribution in [0.15, 0.2) is 72.8 Å². The Morgan fingerprint density at radius 3 is 1.64 bits per heavy atom. The van der Waals surface area contributed by atoms with Crippen LogP contribution in [0.3, 0.4) is 0 Å². The first-order valence-electron chi connectivity index (χ1n) is 8.46. The third kappa shape index (κ3) is 3.86. The number of carbonyl (C=O) groups excluding carboxylic acids is 1. The zero-order chi connectivity index (χ0) is 20.1. The minimum atomic E-state index is -1.11. The smallest absolute Gasteiger partial charge is 0.339 e. The highest BCUT2D eigenvalue weighted by Gasteiger charge is 2.21. The summed E-state index contributed by atoms with van der Waals surface area (Å²) in [5.74, 6) is -1.31. The van der Waals surface area contributed by atoms with Crippen molar-refractivity contribution >= 4 is 35.5 Å². The number of anilines is 2. The lowest BCUT2D eigenvalue weighted by Crippen LogP contribution is -2.32. The third-order valence-electron chi connectivity index (χ3n) is 4.15. The molecule has 28 heavy (non-hydrogen) atoms. The molecule has 0 unspecified atom stereocenters. The number of urea groups is 1. The van der Waals surface area contributed by atoms with Gasteiger partial charge >= 0.3 is 12.0 Å². The van der Waals surface area contributed by atoms with E-state index in [1.807, 2.05) is 60.7 Å².